The average molecular weight is 439 g/mol. The number of hydrogen-bond acceptors (Lipinski definition) is 4. The van der Waals surface area contributed by atoms with Crippen molar-refractivity contribution in [2.24, 2.45) is 0 Å². The van der Waals surface area contributed by atoms with Crippen LogP contribution in [0, 0.1) is 17.9 Å². The van der Waals surface area contributed by atoms with Crippen molar-refractivity contribution in [3.05, 3.63) is 137 Å². The number of benzene rings is 3. The third-order valence-electron chi connectivity index (χ3n) is 5.56. The third-order valence-corrected chi connectivity index (χ3v) is 5.56. The smallest absolute Gasteiger partial charge is 0.270 e. The minimum absolute atomic E-state index is 0.119. The molecule has 5 rings (SSSR count). The Kier molecular flexibility index (Phi) is 5.36. The van der Waals surface area contributed by atoms with Gasteiger partial charge in [0.05, 0.1) is 12.6 Å². The summed E-state index contributed by atoms with van der Waals surface area (Å²) in [6.45, 7) is 7.43. The number of Topliss-reactive ketones (excluding diaryl/α,β-unsaturated/α-hetero) is 1. The van der Waals surface area contributed by atoms with Gasteiger partial charge in [-0.15, -0.1) is 0 Å². The Morgan fingerprint density at radius 1 is 0.853 bits per heavy atom. The van der Waals surface area contributed by atoms with Crippen molar-refractivity contribution < 1.29 is 9.21 Å². The number of anilines is 3. The second kappa shape index (κ2) is 8.78. The fourth-order valence-corrected chi connectivity index (χ4v) is 4.07. The van der Waals surface area contributed by atoms with Gasteiger partial charge in [-0.2, -0.15) is 0 Å². The van der Waals surface area contributed by atoms with Crippen LogP contribution in [-0.2, 0) is 0 Å². The maximum Gasteiger partial charge on any atom is 0.270 e. The molecule has 0 amide bonds. The Bertz CT molecular complexity index is 1480. The van der Waals surface area contributed by atoms with Gasteiger partial charge in [-0.1, -0.05) is 60.7 Å². The first-order valence-corrected chi connectivity index (χ1v) is 10.6. The summed E-state index contributed by atoms with van der Waals surface area (Å²) in [7, 11) is 0. The molecule has 0 unspecified atom stereocenters. The molecule has 1 aromatic heterocycles. The van der Waals surface area contributed by atoms with Gasteiger partial charge in [0.15, 0.2) is 5.78 Å². The number of fused-ring (bicyclic) bond motifs is 1. The van der Waals surface area contributed by atoms with E-state index < -0.39 is 0 Å². The Morgan fingerprint density at radius 2 is 1.44 bits per heavy atom. The molecular formula is C29H17N3O2. The number of para-hydroxylation sites is 2. The SMILES string of the molecule is [C-]#[N+]/C(C#N)=C1\C(=C\c2ccc(N(c3ccccc3)c3ccccc3)o2)C(=O)c2ccccc21. The van der Waals surface area contributed by atoms with Crippen molar-refractivity contribution in [1.82, 2.24) is 0 Å². The van der Waals surface area contributed by atoms with Gasteiger partial charge in [0.2, 0.25) is 5.88 Å². The Balaban J connectivity index is 1.62. The first-order chi connectivity index (χ1) is 16.7. The van der Waals surface area contributed by atoms with Crippen molar-refractivity contribution in [3.63, 3.8) is 0 Å². The van der Waals surface area contributed by atoms with Crippen LogP contribution in [0.1, 0.15) is 21.7 Å². The number of nitriles is 1. The van der Waals surface area contributed by atoms with Crippen molar-refractivity contribution in [3.8, 4) is 6.07 Å². The Hall–Kier alpha value is -5.13. The number of allylic oxidation sites excluding steroid dienone is 3. The number of rotatable bonds is 4. The van der Waals surface area contributed by atoms with E-state index >= 15 is 0 Å². The zero-order valence-electron chi connectivity index (χ0n) is 18.0. The molecule has 1 heterocycles. The lowest BCUT2D eigenvalue weighted by Crippen LogP contribution is -2.08. The molecule has 0 saturated carbocycles. The molecule has 4 aromatic rings. The van der Waals surface area contributed by atoms with E-state index in [-0.39, 0.29) is 17.1 Å². The molecule has 160 valence electrons. The van der Waals surface area contributed by atoms with E-state index in [4.69, 9.17) is 11.0 Å². The largest absolute Gasteiger partial charge is 0.440 e. The van der Waals surface area contributed by atoms with Gasteiger partial charge in [0.25, 0.3) is 5.70 Å². The van der Waals surface area contributed by atoms with Crippen LogP contribution >= 0.6 is 0 Å². The zero-order chi connectivity index (χ0) is 23.5. The van der Waals surface area contributed by atoms with Gasteiger partial charge < -0.3 is 4.42 Å². The molecule has 5 nitrogen and oxygen atoms in total. The summed E-state index contributed by atoms with van der Waals surface area (Å²) in [6.07, 6.45) is 1.61. The molecule has 0 atom stereocenters. The van der Waals surface area contributed by atoms with Crippen molar-refractivity contribution in [2.45, 2.75) is 0 Å². The molecular weight excluding hydrogens is 422 g/mol. The van der Waals surface area contributed by atoms with Gasteiger partial charge in [0, 0.05) is 34.2 Å². The zero-order valence-corrected chi connectivity index (χ0v) is 18.0. The first kappa shape index (κ1) is 20.8. The summed E-state index contributed by atoms with van der Waals surface area (Å²) < 4.78 is 6.17. The minimum atomic E-state index is -0.233. The van der Waals surface area contributed by atoms with E-state index in [9.17, 15) is 10.1 Å². The molecule has 3 aromatic carbocycles. The number of nitrogens with zero attached hydrogens (tertiary/aromatic N) is 3. The quantitative estimate of drug-likeness (QED) is 0.192. The summed E-state index contributed by atoms with van der Waals surface area (Å²) >= 11 is 0. The van der Waals surface area contributed by atoms with Crippen LogP contribution in [-0.4, -0.2) is 5.78 Å². The molecule has 0 saturated heterocycles. The van der Waals surface area contributed by atoms with Gasteiger partial charge >= 0.3 is 0 Å². The van der Waals surface area contributed by atoms with Crippen LogP contribution in [0.5, 0.6) is 0 Å². The van der Waals surface area contributed by atoms with Crippen LogP contribution < -0.4 is 4.90 Å². The minimum Gasteiger partial charge on any atom is -0.440 e. The molecule has 0 fully saturated rings. The topological polar surface area (TPSA) is 61.6 Å². The summed E-state index contributed by atoms with van der Waals surface area (Å²) in [4.78, 5) is 18.5. The lowest BCUT2D eigenvalue weighted by Gasteiger charge is -2.22. The van der Waals surface area contributed by atoms with Crippen molar-refractivity contribution in [1.29, 1.82) is 5.26 Å². The predicted octanol–water partition coefficient (Wildman–Crippen LogP) is 7.18. The lowest BCUT2D eigenvalue weighted by atomic mass is 10.0. The second-order valence-corrected chi connectivity index (χ2v) is 7.56. The third kappa shape index (κ3) is 3.58. The highest BCUT2D eigenvalue weighted by molar-refractivity contribution is 6.29. The maximum absolute atomic E-state index is 13.2. The van der Waals surface area contributed by atoms with Crippen molar-refractivity contribution in [2.75, 3.05) is 4.90 Å². The van der Waals surface area contributed by atoms with Crippen LogP contribution in [0.15, 0.2) is 113 Å². The van der Waals surface area contributed by atoms with Gasteiger partial charge in [-0.3, -0.25) is 9.69 Å². The van der Waals surface area contributed by atoms with E-state index in [0.717, 1.165) is 11.4 Å². The fraction of sp³-hybridized carbons (Fsp3) is 0. The normalized spacial score (nSPS) is 14.9. The van der Waals surface area contributed by atoms with Gasteiger partial charge in [0.1, 0.15) is 5.76 Å². The lowest BCUT2D eigenvalue weighted by molar-refractivity contribution is 0.104. The summed E-state index contributed by atoms with van der Waals surface area (Å²) in [5, 5.41) is 9.52. The van der Waals surface area contributed by atoms with Gasteiger partial charge in [-0.05, 0) is 42.0 Å². The number of ketones is 1. The fourth-order valence-electron chi connectivity index (χ4n) is 4.07. The number of carbonyl (C=O) groups excluding carboxylic acids is 1. The monoisotopic (exact) mass is 439 g/mol. The molecule has 1 aliphatic carbocycles. The molecule has 0 radical (unpaired) electrons. The van der Waals surface area contributed by atoms with E-state index in [1.807, 2.05) is 77.7 Å². The molecule has 0 spiro atoms. The highest BCUT2D eigenvalue weighted by Gasteiger charge is 2.32. The van der Waals surface area contributed by atoms with Crippen LogP contribution in [0.25, 0.3) is 16.5 Å². The molecule has 1 aliphatic rings. The standard InChI is InChI=1S/C29H17N3O2/c1-31-26(19-30)28-23-14-8-9-15-24(23)29(33)25(28)18-22-16-17-27(34-22)32(20-10-4-2-5-11-20)21-12-6-3-7-13-21/h2-18H/b25-18-,28-26-. The number of furan rings is 1. The molecule has 34 heavy (non-hydrogen) atoms. The molecule has 0 N–H and O–H groups in total. The van der Waals surface area contributed by atoms with E-state index in [0.29, 0.717) is 28.3 Å². The van der Waals surface area contributed by atoms with E-state index in [2.05, 4.69) is 4.85 Å². The molecule has 0 aliphatic heterocycles. The first-order valence-electron chi connectivity index (χ1n) is 10.6. The van der Waals surface area contributed by atoms with Crippen molar-refractivity contribution >= 4 is 34.7 Å². The Labute approximate surface area is 196 Å². The maximum atomic E-state index is 13.2. The highest BCUT2D eigenvalue weighted by atomic mass is 16.4. The summed E-state index contributed by atoms with van der Waals surface area (Å²) in [6, 6.07) is 32.2. The number of hydrogen-bond donors (Lipinski definition) is 0. The van der Waals surface area contributed by atoms with E-state index in [1.54, 1.807) is 36.4 Å². The van der Waals surface area contributed by atoms with Crippen LogP contribution in [0.2, 0.25) is 0 Å². The predicted molar refractivity (Wildman–Crippen MR) is 131 cm³/mol. The molecule has 0 bridgehead atoms. The summed E-state index contributed by atoms with van der Waals surface area (Å²) in [5.41, 5.74) is 3.42. The van der Waals surface area contributed by atoms with E-state index in [1.165, 1.54) is 0 Å². The average Bonchev–Trinajstić information content (AvgIpc) is 3.45. The van der Waals surface area contributed by atoms with Crippen LogP contribution in [0.4, 0.5) is 17.3 Å². The number of carbonyl (C=O) groups is 1. The molecule has 5 heteroatoms. The van der Waals surface area contributed by atoms with Gasteiger partial charge in [-0.25, -0.2) is 10.1 Å². The Morgan fingerprint density at radius 3 is 2.03 bits per heavy atom. The second-order valence-electron chi connectivity index (χ2n) is 7.56. The summed E-state index contributed by atoms with van der Waals surface area (Å²) in [5.74, 6) is 0.786. The highest BCUT2D eigenvalue weighted by Crippen LogP contribution is 2.41. The van der Waals surface area contributed by atoms with Crippen LogP contribution in [0.3, 0.4) is 0 Å².